The van der Waals surface area contributed by atoms with Gasteiger partial charge in [-0.3, -0.25) is 0 Å². The maximum atomic E-state index is 3.61. The van der Waals surface area contributed by atoms with Gasteiger partial charge in [-0.1, -0.05) is 37.8 Å². The lowest BCUT2D eigenvalue weighted by molar-refractivity contribution is 0.477. The van der Waals surface area contributed by atoms with Gasteiger partial charge in [0.05, 0.1) is 0 Å². The molecule has 1 saturated heterocycles. The highest BCUT2D eigenvalue weighted by molar-refractivity contribution is 5.47. The number of anilines is 1. The average Bonchev–Trinajstić information content (AvgIpc) is 3.06. The molecule has 0 unspecified atom stereocenters. The van der Waals surface area contributed by atoms with E-state index >= 15 is 0 Å². The molecule has 3 rings (SSSR count). The molecular weight excluding hydrogens is 256 g/mol. The average molecular weight is 286 g/mol. The quantitative estimate of drug-likeness (QED) is 0.782. The Hall–Kier alpha value is -1.02. The van der Waals surface area contributed by atoms with Crippen molar-refractivity contribution in [2.75, 3.05) is 24.5 Å². The van der Waals surface area contributed by atoms with Crippen LogP contribution in [0.25, 0.3) is 0 Å². The minimum absolute atomic E-state index is 0.999. The molecule has 1 N–H and O–H groups in total. The van der Waals surface area contributed by atoms with Crippen LogP contribution in [0.1, 0.15) is 56.9 Å². The predicted molar refractivity (Wildman–Crippen MR) is 90.8 cm³/mol. The first-order chi connectivity index (χ1) is 10.4. The van der Waals surface area contributed by atoms with Crippen LogP contribution in [0, 0.1) is 5.92 Å². The van der Waals surface area contributed by atoms with Crippen LogP contribution >= 0.6 is 0 Å². The number of piperidine rings is 1. The molecule has 1 aromatic rings. The fraction of sp³-hybridized carbons (Fsp3) is 0.684. The third kappa shape index (κ3) is 4.47. The van der Waals surface area contributed by atoms with E-state index in [1.807, 2.05) is 0 Å². The second-order valence-corrected chi connectivity index (χ2v) is 6.83. The number of rotatable bonds is 6. The standard InChI is InChI=1S/C19H30N2/c1-4-14-21(15-5-1)19-10-8-18(9-11-19)16-20-13-12-17-6-2-3-7-17/h8-11,17,20H,1-7,12-16H2. The Morgan fingerprint density at radius 2 is 1.62 bits per heavy atom. The van der Waals surface area contributed by atoms with Crippen molar-refractivity contribution in [2.24, 2.45) is 5.92 Å². The lowest BCUT2D eigenvalue weighted by Gasteiger charge is -2.28. The molecule has 2 nitrogen and oxygen atoms in total. The van der Waals surface area contributed by atoms with Crippen molar-refractivity contribution in [2.45, 2.75) is 57.9 Å². The van der Waals surface area contributed by atoms with Crippen molar-refractivity contribution in [1.29, 1.82) is 0 Å². The first-order valence-corrected chi connectivity index (χ1v) is 8.96. The molecule has 0 atom stereocenters. The number of nitrogens with one attached hydrogen (secondary N) is 1. The molecule has 1 saturated carbocycles. The van der Waals surface area contributed by atoms with E-state index in [0.29, 0.717) is 0 Å². The Morgan fingerprint density at radius 1 is 0.905 bits per heavy atom. The fourth-order valence-corrected chi connectivity index (χ4v) is 3.81. The van der Waals surface area contributed by atoms with Crippen LogP contribution in [-0.2, 0) is 6.54 Å². The Bertz CT molecular complexity index is 400. The van der Waals surface area contributed by atoms with Crippen LogP contribution in [0.4, 0.5) is 5.69 Å². The lowest BCUT2D eigenvalue weighted by Crippen LogP contribution is -2.29. The second kappa shape index (κ2) is 7.84. The summed E-state index contributed by atoms with van der Waals surface area (Å²) >= 11 is 0. The van der Waals surface area contributed by atoms with E-state index in [4.69, 9.17) is 0 Å². The summed E-state index contributed by atoms with van der Waals surface area (Å²) in [6, 6.07) is 9.21. The zero-order chi connectivity index (χ0) is 14.3. The van der Waals surface area contributed by atoms with Gasteiger partial charge in [-0.25, -0.2) is 0 Å². The summed E-state index contributed by atoms with van der Waals surface area (Å²) < 4.78 is 0. The molecule has 0 bridgehead atoms. The van der Waals surface area contributed by atoms with Crippen molar-refractivity contribution < 1.29 is 0 Å². The Morgan fingerprint density at radius 3 is 2.33 bits per heavy atom. The zero-order valence-corrected chi connectivity index (χ0v) is 13.3. The van der Waals surface area contributed by atoms with E-state index in [9.17, 15) is 0 Å². The van der Waals surface area contributed by atoms with E-state index in [-0.39, 0.29) is 0 Å². The van der Waals surface area contributed by atoms with Gasteiger partial charge in [0.25, 0.3) is 0 Å². The van der Waals surface area contributed by atoms with Gasteiger partial charge in [0, 0.05) is 25.3 Å². The molecule has 2 heteroatoms. The largest absolute Gasteiger partial charge is 0.372 e. The van der Waals surface area contributed by atoms with Crippen LogP contribution in [0.2, 0.25) is 0 Å². The number of benzene rings is 1. The highest BCUT2D eigenvalue weighted by Gasteiger charge is 2.14. The van der Waals surface area contributed by atoms with Crippen molar-refractivity contribution >= 4 is 5.69 Å². The van der Waals surface area contributed by atoms with Gasteiger partial charge in [-0.15, -0.1) is 0 Å². The molecule has 2 fully saturated rings. The van der Waals surface area contributed by atoms with Gasteiger partial charge >= 0.3 is 0 Å². The van der Waals surface area contributed by atoms with Crippen molar-refractivity contribution in [3.05, 3.63) is 29.8 Å². The zero-order valence-electron chi connectivity index (χ0n) is 13.3. The van der Waals surface area contributed by atoms with E-state index in [0.717, 1.165) is 12.5 Å². The van der Waals surface area contributed by atoms with E-state index in [1.54, 1.807) is 0 Å². The lowest BCUT2D eigenvalue weighted by atomic mass is 10.0. The summed E-state index contributed by atoms with van der Waals surface area (Å²) in [6.07, 6.45) is 11.3. The van der Waals surface area contributed by atoms with Crippen LogP contribution in [0.15, 0.2) is 24.3 Å². The van der Waals surface area contributed by atoms with E-state index in [2.05, 4.69) is 34.5 Å². The van der Waals surface area contributed by atoms with Gasteiger partial charge in [0.15, 0.2) is 0 Å². The molecule has 1 heterocycles. The van der Waals surface area contributed by atoms with Crippen LogP contribution in [0.5, 0.6) is 0 Å². The number of nitrogens with zero attached hydrogens (tertiary/aromatic N) is 1. The summed E-state index contributed by atoms with van der Waals surface area (Å²) in [5.41, 5.74) is 2.83. The summed E-state index contributed by atoms with van der Waals surface area (Å²) in [5, 5.41) is 3.61. The van der Waals surface area contributed by atoms with Gasteiger partial charge in [-0.2, -0.15) is 0 Å². The monoisotopic (exact) mass is 286 g/mol. The molecule has 0 radical (unpaired) electrons. The summed E-state index contributed by atoms with van der Waals surface area (Å²) in [4.78, 5) is 2.53. The smallest absolute Gasteiger partial charge is 0.0366 e. The SMILES string of the molecule is c1cc(N2CCCCC2)ccc1CNCCC1CCCC1. The number of hydrogen-bond donors (Lipinski definition) is 1. The maximum Gasteiger partial charge on any atom is 0.0366 e. The van der Waals surface area contributed by atoms with E-state index in [1.165, 1.54) is 82.3 Å². The van der Waals surface area contributed by atoms with Crippen molar-refractivity contribution in [3.8, 4) is 0 Å². The maximum absolute atomic E-state index is 3.61. The van der Waals surface area contributed by atoms with E-state index < -0.39 is 0 Å². The first kappa shape index (κ1) is 14.9. The molecule has 2 aliphatic rings. The molecule has 0 spiro atoms. The van der Waals surface area contributed by atoms with Gasteiger partial charge in [0.2, 0.25) is 0 Å². The fourth-order valence-electron chi connectivity index (χ4n) is 3.81. The first-order valence-electron chi connectivity index (χ1n) is 8.96. The summed E-state index contributed by atoms with van der Waals surface area (Å²) in [7, 11) is 0. The Balaban J connectivity index is 1.39. The van der Waals surface area contributed by atoms with Crippen LogP contribution in [-0.4, -0.2) is 19.6 Å². The summed E-state index contributed by atoms with van der Waals surface area (Å²) in [5.74, 6) is 0.999. The second-order valence-electron chi connectivity index (χ2n) is 6.83. The van der Waals surface area contributed by atoms with Crippen LogP contribution < -0.4 is 10.2 Å². The molecule has 1 aliphatic heterocycles. The normalized spacial score (nSPS) is 20.1. The molecule has 116 valence electrons. The van der Waals surface area contributed by atoms with Gasteiger partial charge in [0.1, 0.15) is 0 Å². The third-order valence-corrected chi connectivity index (χ3v) is 5.19. The highest BCUT2D eigenvalue weighted by atomic mass is 15.1. The Labute approximate surface area is 129 Å². The highest BCUT2D eigenvalue weighted by Crippen LogP contribution is 2.27. The molecule has 0 amide bonds. The van der Waals surface area contributed by atoms with Crippen molar-refractivity contribution in [3.63, 3.8) is 0 Å². The molecule has 1 aliphatic carbocycles. The minimum atomic E-state index is 0.999. The van der Waals surface area contributed by atoms with Crippen molar-refractivity contribution in [1.82, 2.24) is 5.32 Å². The predicted octanol–water partition coefficient (Wildman–Crippen LogP) is 4.35. The molecule has 0 aromatic heterocycles. The summed E-state index contributed by atoms with van der Waals surface area (Å²) in [6.45, 7) is 4.67. The molecule has 21 heavy (non-hydrogen) atoms. The third-order valence-electron chi connectivity index (χ3n) is 5.19. The number of hydrogen-bond acceptors (Lipinski definition) is 2. The van der Waals surface area contributed by atoms with Gasteiger partial charge in [-0.05, 0) is 55.8 Å². The Kier molecular flexibility index (Phi) is 5.56. The topological polar surface area (TPSA) is 15.3 Å². The minimum Gasteiger partial charge on any atom is -0.372 e. The molecule has 1 aromatic carbocycles. The van der Waals surface area contributed by atoms with Crippen LogP contribution in [0.3, 0.4) is 0 Å². The van der Waals surface area contributed by atoms with Gasteiger partial charge < -0.3 is 10.2 Å². The molecular formula is C19H30N2.